The predicted octanol–water partition coefficient (Wildman–Crippen LogP) is -1.37. The van der Waals surface area contributed by atoms with E-state index in [1.165, 1.54) is 48.5 Å². The first-order valence-corrected chi connectivity index (χ1v) is 7.45. The molecule has 0 unspecified atom stereocenters. The zero-order chi connectivity index (χ0) is 15.6. The molecule has 0 aliphatic heterocycles. The SMILES string of the molecule is O=C([O-])c1ccc(P(=O)(O)c2ccc(C(=O)[O-])cc2)cc1. The van der Waals surface area contributed by atoms with E-state index in [2.05, 4.69) is 0 Å². The third-order valence-electron chi connectivity index (χ3n) is 2.91. The van der Waals surface area contributed by atoms with Crippen molar-refractivity contribution in [1.29, 1.82) is 0 Å². The minimum atomic E-state index is -3.92. The van der Waals surface area contributed by atoms with Crippen molar-refractivity contribution in [2.45, 2.75) is 0 Å². The number of hydrogen-bond donors (Lipinski definition) is 1. The summed E-state index contributed by atoms with van der Waals surface area (Å²) in [6.07, 6.45) is 0. The van der Waals surface area contributed by atoms with Crippen molar-refractivity contribution >= 4 is 29.9 Å². The Bertz CT molecular complexity index is 672. The summed E-state index contributed by atoms with van der Waals surface area (Å²) in [6, 6.07) is 9.56. The highest BCUT2D eigenvalue weighted by Crippen LogP contribution is 2.37. The zero-order valence-electron chi connectivity index (χ0n) is 10.6. The number of carboxylic acid groups (broad SMARTS) is 2. The molecule has 0 saturated heterocycles. The summed E-state index contributed by atoms with van der Waals surface area (Å²) >= 11 is 0. The van der Waals surface area contributed by atoms with E-state index in [9.17, 15) is 29.3 Å². The molecule has 2 aromatic carbocycles. The number of hydrogen-bond acceptors (Lipinski definition) is 5. The highest BCUT2D eigenvalue weighted by molar-refractivity contribution is 7.73. The quantitative estimate of drug-likeness (QED) is 0.697. The Morgan fingerprint density at radius 1 is 0.762 bits per heavy atom. The molecule has 0 aliphatic carbocycles. The second kappa shape index (κ2) is 5.52. The Kier molecular flexibility index (Phi) is 3.93. The lowest BCUT2D eigenvalue weighted by molar-refractivity contribution is -0.256. The Hall–Kier alpha value is -2.43. The maximum Gasteiger partial charge on any atom is 0.258 e. The molecule has 0 atom stereocenters. The number of aromatic carboxylic acids is 2. The summed E-state index contributed by atoms with van der Waals surface area (Å²) < 4.78 is 12.4. The Morgan fingerprint density at radius 2 is 1.05 bits per heavy atom. The lowest BCUT2D eigenvalue weighted by Crippen LogP contribution is -2.24. The largest absolute Gasteiger partial charge is 0.545 e. The van der Waals surface area contributed by atoms with Crippen molar-refractivity contribution in [1.82, 2.24) is 0 Å². The van der Waals surface area contributed by atoms with Crippen LogP contribution >= 0.6 is 7.37 Å². The van der Waals surface area contributed by atoms with Crippen molar-refractivity contribution in [3.8, 4) is 0 Å². The van der Waals surface area contributed by atoms with Crippen molar-refractivity contribution in [3.63, 3.8) is 0 Å². The first-order chi connectivity index (χ1) is 9.82. The highest BCUT2D eigenvalue weighted by Gasteiger charge is 2.23. The summed E-state index contributed by atoms with van der Waals surface area (Å²) in [4.78, 5) is 31.4. The van der Waals surface area contributed by atoms with E-state index in [1.54, 1.807) is 0 Å². The number of rotatable bonds is 4. The van der Waals surface area contributed by atoms with Crippen LogP contribution in [0.3, 0.4) is 0 Å². The molecule has 0 aliphatic rings. The molecule has 0 radical (unpaired) electrons. The summed E-state index contributed by atoms with van der Waals surface area (Å²) in [5, 5.41) is 21.3. The summed E-state index contributed by atoms with van der Waals surface area (Å²) in [6.45, 7) is 0. The van der Waals surface area contributed by atoms with Gasteiger partial charge in [-0.25, -0.2) is 0 Å². The third kappa shape index (κ3) is 3.02. The minimum Gasteiger partial charge on any atom is -0.545 e. The monoisotopic (exact) mass is 304 g/mol. The number of carbonyl (C=O) groups excluding carboxylic acids is 2. The molecule has 0 amide bonds. The molecule has 0 fully saturated rings. The molecule has 0 bridgehead atoms. The van der Waals surface area contributed by atoms with E-state index in [1.807, 2.05) is 0 Å². The highest BCUT2D eigenvalue weighted by atomic mass is 31.2. The van der Waals surface area contributed by atoms with Gasteiger partial charge in [0.2, 0.25) is 0 Å². The van der Waals surface area contributed by atoms with Gasteiger partial charge >= 0.3 is 0 Å². The Labute approximate surface area is 119 Å². The van der Waals surface area contributed by atoms with E-state index in [0.29, 0.717) is 0 Å². The summed E-state index contributed by atoms with van der Waals surface area (Å²) in [7, 11) is -3.92. The van der Waals surface area contributed by atoms with Gasteiger partial charge in [-0.1, -0.05) is 24.3 Å². The molecule has 6 nitrogen and oxygen atoms in total. The standard InChI is InChI=1S/C14H11O6P/c15-13(16)9-1-5-11(6-2-9)21(19,20)12-7-3-10(4-8-12)14(17)18/h1-8H,(H,15,16)(H,17,18)(H,19,20)/p-2. The van der Waals surface area contributed by atoms with E-state index >= 15 is 0 Å². The summed E-state index contributed by atoms with van der Waals surface area (Å²) in [5.74, 6) is -2.76. The van der Waals surface area contributed by atoms with E-state index in [4.69, 9.17) is 0 Å². The smallest absolute Gasteiger partial charge is 0.258 e. The van der Waals surface area contributed by atoms with Crippen LogP contribution in [0.15, 0.2) is 48.5 Å². The molecular formula is C14H9O6P-2. The normalized spacial score (nSPS) is 11.1. The lowest BCUT2D eigenvalue weighted by Gasteiger charge is -2.13. The molecular weight excluding hydrogens is 295 g/mol. The van der Waals surface area contributed by atoms with Crippen LogP contribution in [-0.2, 0) is 4.57 Å². The van der Waals surface area contributed by atoms with Crippen molar-refractivity contribution in [3.05, 3.63) is 59.7 Å². The maximum atomic E-state index is 12.4. The minimum absolute atomic E-state index is 0.0358. The van der Waals surface area contributed by atoms with Crippen LogP contribution < -0.4 is 20.8 Å². The van der Waals surface area contributed by atoms with Crippen LogP contribution in [0, 0.1) is 0 Å². The number of carbonyl (C=O) groups is 2. The number of carboxylic acids is 2. The van der Waals surface area contributed by atoms with Gasteiger partial charge in [0.05, 0.1) is 11.9 Å². The van der Waals surface area contributed by atoms with Crippen molar-refractivity contribution in [2.75, 3.05) is 0 Å². The van der Waals surface area contributed by atoms with E-state index in [-0.39, 0.29) is 21.7 Å². The van der Waals surface area contributed by atoms with E-state index in [0.717, 1.165) is 0 Å². The third-order valence-corrected chi connectivity index (χ3v) is 4.90. The van der Waals surface area contributed by atoms with E-state index < -0.39 is 19.3 Å². The molecule has 2 aromatic rings. The zero-order valence-corrected chi connectivity index (χ0v) is 11.4. The number of benzene rings is 2. The molecule has 0 saturated carbocycles. The molecule has 0 aromatic heterocycles. The van der Waals surface area contributed by atoms with Crippen LogP contribution in [0.25, 0.3) is 0 Å². The first-order valence-electron chi connectivity index (χ1n) is 5.79. The van der Waals surface area contributed by atoms with Crippen LogP contribution in [0.4, 0.5) is 0 Å². The molecule has 0 spiro atoms. The predicted molar refractivity (Wildman–Crippen MR) is 70.6 cm³/mol. The van der Waals surface area contributed by atoms with Gasteiger partial charge in [-0.15, -0.1) is 0 Å². The van der Waals surface area contributed by atoms with Gasteiger partial charge in [0, 0.05) is 10.6 Å². The summed E-state index contributed by atoms with van der Waals surface area (Å²) in [5.41, 5.74) is -0.211. The Morgan fingerprint density at radius 3 is 1.29 bits per heavy atom. The van der Waals surface area contributed by atoms with Crippen LogP contribution in [0.1, 0.15) is 20.7 Å². The average Bonchev–Trinajstić information content (AvgIpc) is 2.47. The van der Waals surface area contributed by atoms with Crippen LogP contribution in [0.5, 0.6) is 0 Å². The molecule has 1 N–H and O–H groups in total. The fourth-order valence-corrected chi connectivity index (χ4v) is 3.15. The first kappa shape index (κ1) is 15.0. The van der Waals surface area contributed by atoms with Gasteiger partial charge in [-0.2, -0.15) is 0 Å². The van der Waals surface area contributed by atoms with Gasteiger partial charge in [-0.3, -0.25) is 4.57 Å². The molecule has 7 heteroatoms. The van der Waals surface area contributed by atoms with Crippen LogP contribution in [0.2, 0.25) is 0 Å². The molecule has 108 valence electrons. The molecule has 21 heavy (non-hydrogen) atoms. The van der Waals surface area contributed by atoms with Gasteiger partial charge in [0.25, 0.3) is 7.37 Å². The second-order valence-corrected chi connectivity index (χ2v) is 6.43. The maximum absolute atomic E-state index is 12.4. The van der Waals surface area contributed by atoms with Crippen LogP contribution in [-0.4, -0.2) is 16.8 Å². The van der Waals surface area contributed by atoms with Gasteiger partial charge in [0.1, 0.15) is 0 Å². The van der Waals surface area contributed by atoms with Gasteiger partial charge in [0.15, 0.2) is 0 Å². The second-order valence-electron chi connectivity index (χ2n) is 4.24. The fourth-order valence-electron chi connectivity index (χ4n) is 1.75. The Balaban J connectivity index is 2.38. The van der Waals surface area contributed by atoms with Crippen molar-refractivity contribution in [2.24, 2.45) is 0 Å². The molecule has 2 rings (SSSR count). The lowest BCUT2D eigenvalue weighted by atomic mass is 10.2. The molecule has 0 heterocycles. The van der Waals surface area contributed by atoms with Gasteiger partial charge < -0.3 is 24.7 Å². The topological polar surface area (TPSA) is 118 Å². The van der Waals surface area contributed by atoms with Gasteiger partial charge in [-0.05, 0) is 35.4 Å². The fraction of sp³-hybridized carbons (Fsp3) is 0. The van der Waals surface area contributed by atoms with Crippen molar-refractivity contribution < 1.29 is 29.3 Å². The average molecular weight is 304 g/mol.